The molecule has 1 aromatic carbocycles. The smallest absolute Gasteiger partial charge is 0.267 e. The second-order valence-corrected chi connectivity index (χ2v) is 7.58. The molecule has 3 aromatic rings. The van der Waals surface area contributed by atoms with Crippen LogP contribution in [0.2, 0.25) is 0 Å². The lowest BCUT2D eigenvalue weighted by Gasteiger charge is -2.32. The number of rotatable bonds is 4. The van der Waals surface area contributed by atoms with Gasteiger partial charge in [0.05, 0.1) is 11.3 Å². The quantitative estimate of drug-likeness (QED) is 0.693. The monoisotopic (exact) mass is 404 g/mol. The Morgan fingerprint density at radius 2 is 1.93 bits per heavy atom. The Morgan fingerprint density at radius 1 is 1.17 bits per heavy atom. The zero-order valence-corrected chi connectivity index (χ0v) is 17.1. The molecule has 0 unspecified atom stereocenters. The third-order valence-corrected chi connectivity index (χ3v) is 5.44. The molecule has 1 fully saturated rings. The number of nitrogens with two attached hydrogens (primary N) is 1. The number of piperidine rings is 1. The molecule has 154 valence electrons. The minimum atomic E-state index is -0.552. The Bertz CT molecular complexity index is 1090. The van der Waals surface area contributed by atoms with E-state index in [1.165, 1.54) is 0 Å². The van der Waals surface area contributed by atoms with Crippen molar-refractivity contribution in [2.45, 2.75) is 32.6 Å². The Balaban J connectivity index is 1.60. The van der Waals surface area contributed by atoms with E-state index in [0.29, 0.717) is 47.4 Å². The minimum absolute atomic E-state index is 0.00932. The van der Waals surface area contributed by atoms with Crippen LogP contribution in [0.3, 0.4) is 0 Å². The summed E-state index contributed by atoms with van der Waals surface area (Å²) in [5.74, 6) is 0.677. The molecule has 1 saturated heterocycles. The second-order valence-electron chi connectivity index (χ2n) is 7.58. The van der Waals surface area contributed by atoms with Crippen LogP contribution >= 0.6 is 0 Å². The lowest BCUT2D eigenvalue weighted by atomic mass is 9.96. The first kappa shape index (κ1) is 19.8. The fraction of sp³-hybridized carbons (Fsp3) is 0.318. The van der Waals surface area contributed by atoms with E-state index in [1.807, 2.05) is 42.2 Å². The Kier molecular flexibility index (Phi) is 5.31. The van der Waals surface area contributed by atoms with Crippen LogP contribution in [0.5, 0.6) is 0 Å². The summed E-state index contributed by atoms with van der Waals surface area (Å²) in [4.78, 5) is 43.1. The van der Waals surface area contributed by atoms with Gasteiger partial charge in [0.25, 0.3) is 11.8 Å². The first-order valence-corrected chi connectivity index (χ1v) is 9.98. The van der Waals surface area contributed by atoms with Crippen molar-refractivity contribution >= 4 is 11.8 Å². The third-order valence-electron chi connectivity index (χ3n) is 5.44. The van der Waals surface area contributed by atoms with E-state index < -0.39 is 5.91 Å². The molecule has 3 heterocycles. The van der Waals surface area contributed by atoms with Gasteiger partial charge in [0.15, 0.2) is 0 Å². The summed E-state index contributed by atoms with van der Waals surface area (Å²) >= 11 is 0. The summed E-state index contributed by atoms with van der Waals surface area (Å²) in [6.45, 7) is 4.79. The summed E-state index contributed by atoms with van der Waals surface area (Å²) in [7, 11) is 0. The lowest BCUT2D eigenvalue weighted by Crippen LogP contribution is -2.39. The van der Waals surface area contributed by atoms with Crippen molar-refractivity contribution in [1.29, 1.82) is 0 Å². The van der Waals surface area contributed by atoms with E-state index in [9.17, 15) is 9.59 Å². The van der Waals surface area contributed by atoms with E-state index in [1.54, 1.807) is 13.1 Å². The van der Waals surface area contributed by atoms with E-state index in [-0.39, 0.29) is 11.8 Å². The minimum Gasteiger partial charge on any atom is -0.364 e. The maximum absolute atomic E-state index is 13.1. The largest absolute Gasteiger partial charge is 0.364 e. The average molecular weight is 404 g/mol. The number of hydrogen-bond acceptors (Lipinski definition) is 5. The van der Waals surface area contributed by atoms with Crippen molar-refractivity contribution in [2.24, 2.45) is 5.73 Å². The summed E-state index contributed by atoms with van der Waals surface area (Å²) in [6.07, 6.45) is 3.30. The van der Waals surface area contributed by atoms with Gasteiger partial charge in [-0.3, -0.25) is 9.59 Å². The van der Waals surface area contributed by atoms with E-state index in [0.717, 1.165) is 18.4 Å². The highest BCUT2D eigenvalue weighted by atomic mass is 16.2. The first-order chi connectivity index (χ1) is 14.4. The molecule has 0 aliphatic carbocycles. The molecule has 2 aromatic heterocycles. The number of nitrogens with zero attached hydrogens (tertiary/aromatic N) is 4. The summed E-state index contributed by atoms with van der Waals surface area (Å²) in [6, 6.07) is 9.47. The maximum atomic E-state index is 13.1. The van der Waals surface area contributed by atoms with Gasteiger partial charge in [0, 0.05) is 30.8 Å². The number of nitrogens with one attached hydrogen (secondary N) is 1. The second kappa shape index (κ2) is 8.06. The molecule has 8 heteroatoms. The zero-order chi connectivity index (χ0) is 21.3. The summed E-state index contributed by atoms with van der Waals surface area (Å²) in [5, 5.41) is 0. The number of likely N-dealkylation sites (tertiary alicyclic amines) is 1. The Hall–Kier alpha value is -3.55. The third kappa shape index (κ3) is 3.80. The number of benzene rings is 1. The van der Waals surface area contributed by atoms with Gasteiger partial charge in [-0.05, 0) is 26.7 Å². The highest BCUT2D eigenvalue weighted by molar-refractivity contribution is 5.97. The average Bonchev–Trinajstić information content (AvgIpc) is 3.20. The Labute approximate surface area is 174 Å². The number of imidazole rings is 1. The molecule has 1 aliphatic rings. The van der Waals surface area contributed by atoms with E-state index in [4.69, 9.17) is 10.7 Å². The van der Waals surface area contributed by atoms with E-state index >= 15 is 0 Å². The number of aromatic nitrogens is 4. The predicted molar refractivity (Wildman–Crippen MR) is 112 cm³/mol. The molecule has 3 N–H and O–H groups in total. The molecular formula is C22H24N6O2. The number of primary amides is 1. The molecule has 2 amide bonds. The van der Waals surface area contributed by atoms with Gasteiger partial charge in [-0.2, -0.15) is 0 Å². The Morgan fingerprint density at radius 3 is 2.63 bits per heavy atom. The van der Waals surface area contributed by atoms with E-state index in [2.05, 4.69) is 15.0 Å². The van der Waals surface area contributed by atoms with Crippen LogP contribution in [0, 0.1) is 13.8 Å². The normalized spacial score (nSPS) is 16.5. The molecular weight excluding hydrogens is 380 g/mol. The first-order valence-electron chi connectivity index (χ1n) is 9.98. The van der Waals surface area contributed by atoms with Crippen LogP contribution in [0.4, 0.5) is 0 Å². The van der Waals surface area contributed by atoms with Gasteiger partial charge in [-0.15, -0.1) is 0 Å². The summed E-state index contributed by atoms with van der Waals surface area (Å²) in [5.41, 5.74) is 8.44. The fourth-order valence-corrected chi connectivity index (χ4v) is 3.92. The molecule has 0 radical (unpaired) electrons. The molecule has 0 bridgehead atoms. The number of aromatic amines is 1. The van der Waals surface area contributed by atoms with Gasteiger partial charge in [0.2, 0.25) is 0 Å². The predicted octanol–water partition coefficient (Wildman–Crippen LogP) is 2.60. The van der Waals surface area contributed by atoms with Crippen molar-refractivity contribution in [2.75, 3.05) is 13.1 Å². The van der Waals surface area contributed by atoms with Crippen LogP contribution in [0.15, 0.2) is 36.5 Å². The molecule has 0 saturated carbocycles. The van der Waals surface area contributed by atoms with Crippen molar-refractivity contribution in [3.8, 4) is 11.3 Å². The summed E-state index contributed by atoms with van der Waals surface area (Å²) < 4.78 is 0. The van der Waals surface area contributed by atoms with Gasteiger partial charge in [-0.25, -0.2) is 15.0 Å². The number of H-pyrrole nitrogens is 1. The number of carbonyl (C=O) groups is 2. The van der Waals surface area contributed by atoms with Gasteiger partial charge >= 0.3 is 0 Å². The van der Waals surface area contributed by atoms with Crippen molar-refractivity contribution in [3.63, 3.8) is 0 Å². The SMILES string of the molecule is Cc1ncc(C(=O)N2CCC[C@@H](c3nc(-c4ccccc4)c(C(N)=O)[nH]3)C2)c(C)n1. The van der Waals surface area contributed by atoms with Crippen molar-refractivity contribution < 1.29 is 9.59 Å². The topological polar surface area (TPSA) is 118 Å². The lowest BCUT2D eigenvalue weighted by molar-refractivity contribution is 0.0702. The van der Waals surface area contributed by atoms with Crippen molar-refractivity contribution in [3.05, 3.63) is 65.1 Å². The van der Waals surface area contributed by atoms with Gasteiger partial charge in [-0.1, -0.05) is 30.3 Å². The fourth-order valence-electron chi connectivity index (χ4n) is 3.92. The van der Waals surface area contributed by atoms with Gasteiger partial charge < -0.3 is 15.6 Å². The van der Waals surface area contributed by atoms with Crippen LogP contribution in [-0.2, 0) is 0 Å². The highest BCUT2D eigenvalue weighted by Gasteiger charge is 2.30. The molecule has 1 aliphatic heterocycles. The van der Waals surface area contributed by atoms with Crippen LogP contribution in [0.25, 0.3) is 11.3 Å². The molecule has 1 atom stereocenters. The number of hydrogen-bond donors (Lipinski definition) is 2. The van der Waals surface area contributed by atoms with Crippen LogP contribution < -0.4 is 5.73 Å². The van der Waals surface area contributed by atoms with Crippen LogP contribution in [-0.4, -0.2) is 49.7 Å². The number of aryl methyl sites for hydroxylation is 2. The number of amides is 2. The molecule has 8 nitrogen and oxygen atoms in total. The molecule has 0 spiro atoms. The van der Waals surface area contributed by atoms with Gasteiger partial charge in [0.1, 0.15) is 23.0 Å². The molecule has 30 heavy (non-hydrogen) atoms. The number of carbonyl (C=O) groups excluding carboxylic acids is 2. The highest BCUT2D eigenvalue weighted by Crippen LogP contribution is 2.30. The van der Waals surface area contributed by atoms with Crippen LogP contribution in [0.1, 0.15) is 56.9 Å². The standard InChI is InChI=1S/C22H24N6O2/c1-13-17(11-24-14(2)25-13)22(30)28-10-6-9-16(12-28)21-26-18(19(27-21)20(23)29)15-7-4-3-5-8-15/h3-5,7-8,11,16H,6,9-10,12H2,1-2H3,(H2,23,29)(H,26,27)/t16-/m1/s1. The maximum Gasteiger partial charge on any atom is 0.267 e. The zero-order valence-electron chi connectivity index (χ0n) is 17.1. The molecule has 4 rings (SSSR count). The van der Waals surface area contributed by atoms with Crippen molar-refractivity contribution in [1.82, 2.24) is 24.8 Å².